The molecule has 2 aliphatic rings. The predicted octanol–water partition coefficient (Wildman–Crippen LogP) is 3.08. The number of rotatable bonds is 7. The molecular formula is C17H35IN4. The maximum Gasteiger partial charge on any atom is 0.191 e. The van der Waals surface area contributed by atoms with Gasteiger partial charge in [-0.1, -0.05) is 20.3 Å². The Morgan fingerprint density at radius 1 is 1.27 bits per heavy atom. The molecule has 1 saturated heterocycles. The number of piperidine rings is 1. The molecule has 2 fully saturated rings. The van der Waals surface area contributed by atoms with Gasteiger partial charge in [0, 0.05) is 19.6 Å². The van der Waals surface area contributed by atoms with Crippen LogP contribution in [0.25, 0.3) is 0 Å². The van der Waals surface area contributed by atoms with Crippen molar-refractivity contribution >= 4 is 29.9 Å². The van der Waals surface area contributed by atoms with Crippen molar-refractivity contribution in [1.29, 1.82) is 0 Å². The molecule has 0 aromatic rings. The fourth-order valence-corrected chi connectivity index (χ4v) is 3.28. The Kier molecular flexibility index (Phi) is 9.71. The number of likely N-dealkylation sites (tertiary alicyclic amines) is 1. The Hall–Kier alpha value is -0.0400. The molecule has 0 aromatic carbocycles. The van der Waals surface area contributed by atoms with Crippen LogP contribution in [0.4, 0.5) is 0 Å². The molecule has 5 heteroatoms. The largest absolute Gasteiger partial charge is 0.356 e. The van der Waals surface area contributed by atoms with Crippen molar-refractivity contribution in [1.82, 2.24) is 15.5 Å². The summed E-state index contributed by atoms with van der Waals surface area (Å²) in [6, 6.07) is 0.666. The van der Waals surface area contributed by atoms with E-state index in [2.05, 4.69) is 34.4 Å². The highest BCUT2D eigenvalue weighted by Gasteiger charge is 2.36. The van der Waals surface area contributed by atoms with Crippen molar-refractivity contribution in [3.8, 4) is 0 Å². The molecule has 0 amide bonds. The lowest BCUT2D eigenvalue weighted by molar-refractivity contribution is 0.191. The Morgan fingerprint density at radius 2 is 2.00 bits per heavy atom. The monoisotopic (exact) mass is 422 g/mol. The van der Waals surface area contributed by atoms with Gasteiger partial charge in [0.05, 0.1) is 0 Å². The van der Waals surface area contributed by atoms with Crippen molar-refractivity contribution < 1.29 is 0 Å². The summed E-state index contributed by atoms with van der Waals surface area (Å²) in [6.07, 6.45) is 7.91. The summed E-state index contributed by atoms with van der Waals surface area (Å²) in [6.45, 7) is 9.46. The Labute approximate surface area is 153 Å². The van der Waals surface area contributed by atoms with Gasteiger partial charge in [0.1, 0.15) is 0 Å². The highest BCUT2D eigenvalue weighted by atomic mass is 127. The summed E-state index contributed by atoms with van der Waals surface area (Å²) < 4.78 is 0. The van der Waals surface area contributed by atoms with E-state index in [4.69, 9.17) is 0 Å². The highest BCUT2D eigenvalue weighted by molar-refractivity contribution is 14.0. The van der Waals surface area contributed by atoms with Crippen molar-refractivity contribution in [3.63, 3.8) is 0 Å². The van der Waals surface area contributed by atoms with Crippen LogP contribution in [0.3, 0.4) is 0 Å². The van der Waals surface area contributed by atoms with E-state index in [0.717, 1.165) is 24.3 Å². The normalized spacial score (nSPS) is 26.4. The van der Waals surface area contributed by atoms with Gasteiger partial charge in [-0.3, -0.25) is 4.99 Å². The van der Waals surface area contributed by atoms with Crippen LogP contribution in [0.1, 0.15) is 52.4 Å². The smallest absolute Gasteiger partial charge is 0.191 e. The maximum atomic E-state index is 4.34. The van der Waals surface area contributed by atoms with E-state index in [1.54, 1.807) is 0 Å². The molecule has 2 atom stereocenters. The molecule has 0 aromatic heterocycles. The second kappa shape index (κ2) is 10.7. The number of nitrogens with zero attached hydrogens (tertiary/aromatic N) is 2. The van der Waals surface area contributed by atoms with E-state index < -0.39 is 0 Å². The van der Waals surface area contributed by atoms with E-state index in [-0.39, 0.29) is 24.0 Å². The van der Waals surface area contributed by atoms with Gasteiger partial charge in [0.15, 0.2) is 5.96 Å². The zero-order valence-electron chi connectivity index (χ0n) is 14.6. The first-order valence-electron chi connectivity index (χ1n) is 8.92. The van der Waals surface area contributed by atoms with E-state index in [9.17, 15) is 0 Å². The lowest BCUT2D eigenvalue weighted by Gasteiger charge is -2.30. The minimum Gasteiger partial charge on any atom is -0.356 e. The van der Waals surface area contributed by atoms with Gasteiger partial charge >= 0.3 is 0 Å². The van der Waals surface area contributed by atoms with E-state index in [1.165, 1.54) is 58.2 Å². The molecule has 4 nitrogen and oxygen atoms in total. The summed E-state index contributed by atoms with van der Waals surface area (Å²) in [5.74, 6) is 2.80. The summed E-state index contributed by atoms with van der Waals surface area (Å²) in [4.78, 5) is 6.95. The lowest BCUT2D eigenvalue weighted by Crippen LogP contribution is -2.41. The Balaban J connectivity index is 0.00000242. The second-order valence-corrected chi connectivity index (χ2v) is 6.91. The topological polar surface area (TPSA) is 39.7 Å². The first-order valence-corrected chi connectivity index (χ1v) is 8.92. The lowest BCUT2D eigenvalue weighted by atomic mass is 9.99. The Morgan fingerprint density at radius 3 is 2.64 bits per heavy atom. The molecule has 0 radical (unpaired) electrons. The fourth-order valence-electron chi connectivity index (χ4n) is 3.28. The number of hydrogen-bond acceptors (Lipinski definition) is 2. The third-order valence-corrected chi connectivity index (χ3v) is 4.95. The van der Waals surface area contributed by atoms with Crippen molar-refractivity contribution in [2.75, 3.05) is 33.2 Å². The SMILES string of the molecule is CCCC1CC1NC(=NC)NCCCN1CCC(C)CC1.I. The summed E-state index contributed by atoms with van der Waals surface area (Å²) >= 11 is 0. The third-order valence-electron chi connectivity index (χ3n) is 4.95. The average molecular weight is 422 g/mol. The van der Waals surface area contributed by atoms with E-state index in [1.807, 2.05) is 7.05 Å². The molecule has 2 unspecified atom stereocenters. The van der Waals surface area contributed by atoms with Crippen molar-refractivity contribution in [3.05, 3.63) is 0 Å². The van der Waals surface area contributed by atoms with E-state index in [0.29, 0.717) is 6.04 Å². The van der Waals surface area contributed by atoms with Gasteiger partial charge in [-0.25, -0.2) is 0 Å². The highest BCUT2D eigenvalue weighted by Crippen LogP contribution is 2.34. The van der Waals surface area contributed by atoms with Crippen LogP contribution in [0.2, 0.25) is 0 Å². The molecule has 2 rings (SSSR count). The molecule has 1 aliphatic carbocycles. The van der Waals surface area contributed by atoms with Crippen LogP contribution in [0.5, 0.6) is 0 Å². The van der Waals surface area contributed by atoms with Gasteiger partial charge in [-0.05, 0) is 63.6 Å². The molecule has 2 N–H and O–H groups in total. The first kappa shape index (κ1) is 20.0. The van der Waals surface area contributed by atoms with Crippen LogP contribution in [-0.2, 0) is 0 Å². The number of halogens is 1. The molecule has 22 heavy (non-hydrogen) atoms. The molecule has 1 aliphatic heterocycles. The number of aliphatic imine (C=N–C) groups is 1. The minimum absolute atomic E-state index is 0. The van der Waals surface area contributed by atoms with Gasteiger partial charge in [-0.2, -0.15) is 0 Å². The molecule has 1 saturated carbocycles. The molecule has 0 spiro atoms. The zero-order chi connectivity index (χ0) is 15.1. The van der Waals surface area contributed by atoms with Crippen LogP contribution in [0, 0.1) is 11.8 Å². The summed E-state index contributed by atoms with van der Waals surface area (Å²) in [5, 5.41) is 7.01. The van der Waals surface area contributed by atoms with Crippen molar-refractivity contribution in [2.45, 2.75) is 58.4 Å². The Bertz CT molecular complexity index is 327. The van der Waals surface area contributed by atoms with Crippen molar-refractivity contribution in [2.24, 2.45) is 16.8 Å². The first-order chi connectivity index (χ1) is 10.2. The zero-order valence-corrected chi connectivity index (χ0v) is 16.9. The molecule has 130 valence electrons. The van der Waals surface area contributed by atoms with Crippen LogP contribution in [-0.4, -0.2) is 50.1 Å². The number of hydrogen-bond donors (Lipinski definition) is 2. The number of guanidine groups is 1. The predicted molar refractivity (Wildman–Crippen MR) is 106 cm³/mol. The van der Waals surface area contributed by atoms with Crippen LogP contribution >= 0.6 is 24.0 Å². The van der Waals surface area contributed by atoms with Gasteiger partial charge in [0.2, 0.25) is 0 Å². The third kappa shape index (κ3) is 7.02. The maximum absolute atomic E-state index is 4.34. The molecular weight excluding hydrogens is 387 g/mol. The second-order valence-electron chi connectivity index (χ2n) is 6.91. The van der Waals surface area contributed by atoms with Crippen LogP contribution < -0.4 is 10.6 Å². The fraction of sp³-hybridized carbons (Fsp3) is 0.941. The average Bonchev–Trinajstić information content (AvgIpc) is 3.22. The molecule has 1 heterocycles. The summed E-state index contributed by atoms with van der Waals surface area (Å²) in [5.41, 5.74) is 0. The van der Waals surface area contributed by atoms with Crippen LogP contribution in [0.15, 0.2) is 4.99 Å². The van der Waals surface area contributed by atoms with E-state index >= 15 is 0 Å². The van der Waals surface area contributed by atoms with Gasteiger partial charge in [-0.15, -0.1) is 24.0 Å². The van der Waals surface area contributed by atoms with Gasteiger partial charge < -0.3 is 15.5 Å². The standard InChI is InChI=1S/C17H34N4.HI/c1-4-6-15-13-16(15)20-17(18-3)19-9-5-10-21-11-7-14(2)8-12-21;/h14-16H,4-13H2,1-3H3,(H2,18,19,20);1H. The quantitative estimate of drug-likeness (QED) is 0.287. The minimum atomic E-state index is 0. The molecule has 0 bridgehead atoms. The van der Waals surface area contributed by atoms with Gasteiger partial charge in [0.25, 0.3) is 0 Å². The summed E-state index contributed by atoms with van der Waals surface area (Å²) in [7, 11) is 1.87. The number of nitrogens with one attached hydrogen (secondary N) is 2.